The van der Waals surface area contributed by atoms with Crippen LogP contribution in [0.2, 0.25) is 0 Å². The van der Waals surface area contributed by atoms with Gasteiger partial charge in [-0.15, -0.1) is 0 Å². The summed E-state index contributed by atoms with van der Waals surface area (Å²) in [5.41, 5.74) is 0.304. The fourth-order valence-electron chi connectivity index (χ4n) is 0.291. The molecule has 0 saturated carbocycles. The summed E-state index contributed by atoms with van der Waals surface area (Å²) < 4.78 is 25.3. The van der Waals surface area contributed by atoms with Crippen molar-refractivity contribution in [3.63, 3.8) is 0 Å². The average Bonchev–Trinajstić information content (AvgIpc) is 1.88. The van der Waals surface area contributed by atoms with E-state index in [1.165, 1.54) is 0 Å². The number of hydrogen-bond donors (Lipinski definition) is 0. The molecule has 0 aliphatic rings. The van der Waals surface area contributed by atoms with E-state index >= 15 is 0 Å². The van der Waals surface area contributed by atoms with Crippen molar-refractivity contribution in [2.45, 2.75) is 0 Å². The van der Waals surface area contributed by atoms with Crippen LogP contribution in [0.3, 0.4) is 0 Å². The van der Waals surface area contributed by atoms with E-state index in [1.807, 2.05) is 0 Å². The Morgan fingerprint density at radius 2 is 1.18 bits per heavy atom. The van der Waals surface area contributed by atoms with E-state index in [4.69, 9.17) is 0 Å². The smallest absolute Gasteiger partial charge is 0.275 e. The van der Waals surface area contributed by atoms with Crippen molar-refractivity contribution in [2.75, 3.05) is 16.5 Å². The van der Waals surface area contributed by atoms with E-state index < -0.39 is 7.82 Å². The molecule has 0 heterocycles. The van der Waals surface area contributed by atoms with Gasteiger partial charge in [-0.25, -0.2) is 4.57 Å². The van der Waals surface area contributed by atoms with Crippen molar-refractivity contribution in [1.29, 1.82) is 0 Å². The number of phosphoric ester groups is 1. The highest BCUT2D eigenvalue weighted by Crippen LogP contribution is 2.50. The zero-order chi connectivity index (χ0) is 8.74. The summed E-state index contributed by atoms with van der Waals surface area (Å²) in [6.07, 6.45) is 0. The first-order chi connectivity index (χ1) is 5.18. The highest BCUT2D eigenvalue weighted by atomic mass is 79.9. The zero-order valence-electron chi connectivity index (χ0n) is 5.34. The molecule has 0 radical (unpaired) electrons. The van der Waals surface area contributed by atoms with Crippen LogP contribution in [-0.4, -0.2) is 16.5 Å². The topological polar surface area (TPSA) is 44.8 Å². The third-order valence-electron chi connectivity index (χ3n) is 0.621. The van der Waals surface area contributed by atoms with Gasteiger partial charge in [0, 0.05) is 0 Å². The van der Waals surface area contributed by atoms with Crippen molar-refractivity contribution in [2.24, 2.45) is 0 Å². The maximum absolute atomic E-state index is 11.3. The molecule has 0 aromatic carbocycles. The fourth-order valence-corrected chi connectivity index (χ4v) is 3.13. The summed E-state index contributed by atoms with van der Waals surface area (Å²) in [7, 11) is -3.36. The Kier molecular flexibility index (Phi) is 7.99. The SMILES string of the molecule is O=P(OCBr)(OCBr)OCBr. The van der Waals surface area contributed by atoms with Crippen LogP contribution < -0.4 is 0 Å². The van der Waals surface area contributed by atoms with E-state index in [1.54, 1.807) is 0 Å². The van der Waals surface area contributed by atoms with Gasteiger partial charge in [0.05, 0.1) is 0 Å². The van der Waals surface area contributed by atoms with Crippen LogP contribution in [0.1, 0.15) is 0 Å². The molecule has 4 nitrogen and oxygen atoms in total. The van der Waals surface area contributed by atoms with E-state index in [0.717, 1.165) is 0 Å². The van der Waals surface area contributed by atoms with Crippen molar-refractivity contribution < 1.29 is 18.1 Å². The molecule has 0 aromatic heterocycles. The maximum atomic E-state index is 11.3. The van der Waals surface area contributed by atoms with Crippen LogP contribution in [-0.2, 0) is 18.1 Å². The molecule has 0 N–H and O–H groups in total. The Labute approximate surface area is 90.0 Å². The molecule has 0 atom stereocenters. The second-order valence-corrected chi connectivity index (χ2v) is 4.20. The number of halogens is 3. The predicted octanol–water partition coefficient (Wildman–Crippen LogP) is 3.20. The molecular formula is C3H6Br3O4P. The first kappa shape index (κ1) is 12.6. The Morgan fingerprint density at radius 1 is 0.909 bits per heavy atom. The fraction of sp³-hybridized carbons (Fsp3) is 1.00. The third kappa shape index (κ3) is 5.74. The summed E-state index contributed by atoms with van der Waals surface area (Å²) >= 11 is 8.82. The second kappa shape index (κ2) is 7.00. The zero-order valence-corrected chi connectivity index (χ0v) is 11.0. The van der Waals surface area contributed by atoms with Crippen LogP contribution in [0.25, 0.3) is 0 Å². The molecule has 8 heteroatoms. The maximum Gasteiger partial charge on any atom is 0.477 e. The van der Waals surface area contributed by atoms with Gasteiger partial charge >= 0.3 is 7.82 Å². The second-order valence-electron chi connectivity index (χ2n) is 1.16. The number of alkyl halides is 3. The molecular weight excluding hydrogens is 371 g/mol. The minimum atomic E-state index is -3.36. The van der Waals surface area contributed by atoms with Gasteiger partial charge in [-0.1, -0.05) is 47.8 Å². The molecule has 0 amide bonds. The lowest BCUT2D eigenvalue weighted by molar-refractivity contribution is 0.165. The quantitative estimate of drug-likeness (QED) is 0.527. The molecule has 0 aliphatic carbocycles. The van der Waals surface area contributed by atoms with Crippen LogP contribution in [0, 0.1) is 0 Å². The van der Waals surface area contributed by atoms with Gasteiger partial charge in [-0.2, -0.15) is 0 Å². The molecule has 0 spiro atoms. The Hall–Kier alpha value is 1.55. The van der Waals surface area contributed by atoms with E-state index in [0.29, 0.717) is 0 Å². The van der Waals surface area contributed by atoms with E-state index in [2.05, 4.69) is 61.4 Å². The van der Waals surface area contributed by atoms with Gasteiger partial charge in [0.15, 0.2) is 0 Å². The van der Waals surface area contributed by atoms with E-state index in [9.17, 15) is 4.57 Å². The third-order valence-corrected chi connectivity index (χ3v) is 3.70. The predicted molar refractivity (Wildman–Crippen MR) is 52.2 cm³/mol. The van der Waals surface area contributed by atoms with Crippen molar-refractivity contribution in [3.05, 3.63) is 0 Å². The summed E-state index contributed by atoms with van der Waals surface area (Å²) in [6, 6.07) is 0. The molecule has 0 bridgehead atoms. The Morgan fingerprint density at radius 3 is 1.36 bits per heavy atom. The Balaban J connectivity index is 3.91. The standard InChI is InChI=1S/C3H6Br3O4P/c4-1-8-11(7,9-2-5)10-3-6/h1-3H2. The molecule has 0 aromatic rings. The number of hydrogen-bond acceptors (Lipinski definition) is 4. The van der Waals surface area contributed by atoms with Crippen LogP contribution in [0.4, 0.5) is 0 Å². The van der Waals surface area contributed by atoms with Crippen LogP contribution in [0.15, 0.2) is 0 Å². The molecule has 0 aliphatic heterocycles. The lowest BCUT2D eigenvalue weighted by Crippen LogP contribution is -1.96. The monoisotopic (exact) mass is 374 g/mol. The lowest BCUT2D eigenvalue weighted by atomic mass is 11.8. The molecule has 68 valence electrons. The first-order valence-corrected chi connectivity index (χ1v) is 7.22. The summed E-state index contributed by atoms with van der Waals surface area (Å²) in [5, 5.41) is 0. The lowest BCUT2D eigenvalue weighted by Gasteiger charge is -2.13. The highest BCUT2D eigenvalue weighted by Gasteiger charge is 2.24. The summed E-state index contributed by atoms with van der Waals surface area (Å²) in [6.45, 7) is 0. The minimum Gasteiger partial charge on any atom is -0.275 e. The van der Waals surface area contributed by atoms with Gasteiger partial charge in [0.1, 0.15) is 16.5 Å². The molecule has 0 fully saturated rings. The summed E-state index contributed by atoms with van der Waals surface area (Å²) in [4.78, 5) is 0. The molecule has 0 unspecified atom stereocenters. The van der Waals surface area contributed by atoms with Gasteiger partial charge in [0.2, 0.25) is 0 Å². The minimum absolute atomic E-state index is 0.101. The van der Waals surface area contributed by atoms with Crippen molar-refractivity contribution >= 4 is 55.6 Å². The van der Waals surface area contributed by atoms with E-state index in [-0.39, 0.29) is 16.5 Å². The van der Waals surface area contributed by atoms with Crippen LogP contribution >= 0.6 is 55.6 Å². The number of phosphoric acid groups is 1. The summed E-state index contributed by atoms with van der Waals surface area (Å²) in [5.74, 6) is 0. The largest absolute Gasteiger partial charge is 0.477 e. The van der Waals surface area contributed by atoms with Gasteiger partial charge in [-0.05, 0) is 0 Å². The Bertz CT molecular complexity index is 119. The van der Waals surface area contributed by atoms with Crippen molar-refractivity contribution in [1.82, 2.24) is 0 Å². The highest BCUT2D eigenvalue weighted by molar-refractivity contribution is 9.09. The van der Waals surface area contributed by atoms with Crippen LogP contribution in [0.5, 0.6) is 0 Å². The normalized spacial score (nSPS) is 11.9. The van der Waals surface area contributed by atoms with Gasteiger partial charge in [0.25, 0.3) is 0 Å². The molecule has 0 saturated heterocycles. The molecule has 11 heavy (non-hydrogen) atoms. The van der Waals surface area contributed by atoms with Gasteiger partial charge < -0.3 is 0 Å². The first-order valence-electron chi connectivity index (χ1n) is 2.40. The molecule has 0 rings (SSSR count). The van der Waals surface area contributed by atoms with Crippen molar-refractivity contribution in [3.8, 4) is 0 Å². The number of rotatable bonds is 6. The van der Waals surface area contributed by atoms with Gasteiger partial charge in [-0.3, -0.25) is 13.6 Å². The average molecular weight is 377 g/mol.